The maximum absolute atomic E-state index is 12.0. The van der Waals surface area contributed by atoms with Gasteiger partial charge in [-0.3, -0.25) is 4.79 Å². The number of fused-ring (bicyclic) bond motifs is 3. The molecule has 2 aliphatic carbocycles. The van der Waals surface area contributed by atoms with E-state index < -0.39 is 53.3 Å². The molecule has 0 aromatic rings. The highest BCUT2D eigenvalue weighted by atomic mass is 16.6. The molecule has 7 heteroatoms. The number of ether oxygens (including phenoxy) is 2. The summed E-state index contributed by atoms with van der Waals surface area (Å²) in [6.45, 7) is 8.03. The van der Waals surface area contributed by atoms with E-state index in [0.29, 0.717) is 5.57 Å². The fraction of sp³-hybridized carbons (Fsp3) is 0.647. The first-order valence-electron chi connectivity index (χ1n) is 7.89. The van der Waals surface area contributed by atoms with Crippen molar-refractivity contribution in [3.8, 4) is 0 Å². The van der Waals surface area contributed by atoms with Gasteiger partial charge < -0.3 is 24.8 Å². The highest BCUT2D eigenvalue weighted by Crippen LogP contribution is 2.55. The Morgan fingerprint density at radius 1 is 1.46 bits per heavy atom. The van der Waals surface area contributed by atoms with Crippen LogP contribution in [0.4, 0.5) is 0 Å². The van der Waals surface area contributed by atoms with Gasteiger partial charge in [0.2, 0.25) is 0 Å². The Bertz CT molecular complexity index is 649. The van der Waals surface area contributed by atoms with Gasteiger partial charge in [-0.2, -0.15) is 0 Å². The van der Waals surface area contributed by atoms with E-state index in [1.807, 2.05) is 0 Å². The van der Waals surface area contributed by atoms with Crippen LogP contribution in [0.2, 0.25) is 0 Å². The van der Waals surface area contributed by atoms with Crippen molar-refractivity contribution in [1.29, 1.82) is 0 Å². The Hall–Kier alpha value is -1.70. The topological polar surface area (TPSA) is 113 Å². The van der Waals surface area contributed by atoms with E-state index in [1.54, 1.807) is 13.0 Å². The highest BCUT2D eigenvalue weighted by molar-refractivity contribution is 5.91. The van der Waals surface area contributed by atoms with Crippen LogP contribution in [0.25, 0.3) is 0 Å². The molecule has 1 heterocycles. The first-order valence-corrected chi connectivity index (χ1v) is 7.89. The van der Waals surface area contributed by atoms with Gasteiger partial charge in [-0.25, -0.2) is 4.79 Å². The Morgan fingerprint density at radius 2 is 2.08 bits per heavy atom. The van der Waals surface area contributed by atoms with Crippen LogP contribution in [-0.4, -0.2) is 56.8 Å². The summed E-state index contributed by atoms with van der Waals surface area (Å²) in [5.41, 5.74) is -2.68. The number of carbonyl (C=O) groups excluding carboxylic acids is 2. The monoisotopic (exact) mass is 338 g/mol. The number of rotatable bonds is 1. The fourth-order valence-corrected chi connectivity index (χ4v) is 4.39. The van der Waals surface area contributed by atoms with Crippen molar-refractivity contribution in [3.05, 3.63) is 23.8 Å². The Balaban J connectivity index is 2.17. The van der Waals surface area contributed by atoms with E-state index in [1.165, 1.54) is 13.8 Å². The van der Waals surface area contributed by atoms with Crippen molar-refractivity contribution in [2.45, 2.75) is 56.7 Å². The molecule has 0 aromatic carbocycles. The first-order chi connectivity index (χ1) is 11.0. The van der Waals surface area contributed by atoms with Gasteiger partial charge >= 0.3 is 11.9 Å². The molecule has 1 saturated carbocycles. The van der Waals surface area contributed by atoms with Gasteiger partial charge in [0.25, 0.3) is 0 Å². The molecule has 132 valence electrons. The van der Waals surface area contributed by atoms with Gasteiger partial charge in [0, 0.05) is 18.9 Å². The molecule has 0 bridgehead atoms. The van der Waals surface area contributed by atoms with Crippen molar-refractivity contribution >= 4 is 11.9 Å². The Labute approximate surface area is 139 Å². The lowest BCUT2D eigenvalue weighted by Gasteiger charge is -2.39. The average Bonchev–Trinajstić information content (AvgIpc) is 2.77. The normalized spacial score (nSPS) is 47.4. The zero-order chi connectivity index (χ0) is 18.0. The molecule has 24 heavy (non-hydrogen) atoms. The van der Waals surface area contributed by atoms with Crippen LogP contribution in [0.1, 0.15) is 27.2 Å². The molecule has 0 aromatic heterocycles. The van der Waals surface area contributed by atoms with Crippen LogP contribution in [0, 0.1) is 11.8 Å². The minimum absolute atomic E-state index is 0.104. The zero-order valence-corrected chi connectivity index (χ0v) is 13.9. The van der Waals surface area contributed by atoms with Crippen molar-refractivity contribution < 1.29 is 34.4 Å². The lowest BCUT2D eigenvalue weighted by molar-refractivity contribution is -0.162. The average molecular weight is 338 g/mol. The molecule has 7 atom stereocenters. The second-order valence-corrected chi connectivity index (χ2v) is 7.19. The largest absolute Gasteiger partial charge is 0.458 e. The van der Waals surface area contributed by atoms with Gasteiger partial charge in [0.05, 0.1) is 29.1 Å². The minimum atomic E-state index is -1.68. The van der Waals surface area contributed by atoms with Gasteiger partial charge in [-0.15, -0.1) is 0 Å². The molecule has 0 amide bonds. The lowest BCUT2D eigenvalue weighted by atomic mass is 9.73. The van der Waals surface area contributed by atoms with Crippen molar-refractivity contribution in [2.24, 2.45) is 11.8 Å². The number of hydrogen-bond donors (Lipinski definition) is 3. The molecule has 0 spiro atoms. The van der Waals surface area contributed by atoms with E-state index in [-0.39, 0.29) is 12.0 Å². The fourth-order valence-electron chi connectivity index (χ4n) is 4.39. The van der Waals surface area contributed by atoms with Gasteiger partial charge in [0.1, 0.15) is 12.2 Å². The van der Waals surface area contributed by atoms with Gasteiger partial charge in [-0.05, 0) is 25.5 Å². The third-order valence-corrected chi connectivity index (χ3v) is 5.67. The van der Waals surface area contributed by atoms with E-state index in [2.05, 4.69) is 6.58 Å². The summed E-state index contributed by atoms with van der Waals surface area (Å²) < 4.78 is 10.7. The molecule has 3 N–H and O–H groups in total. The molecule has 7 nitrogen and oxygen atoms in total. The summed E-state index contributed by atoms with van der Waals surface area (Å²) in [6, 6.07) is 0. The molecular weight excluding hydrogens is 316 g/mol. The number of carbonyl (C=O) groups is 2. The molecule has 1 aliphatic heterocycles. The second-order valence-electron chi connectivity index (χ2n) is 7.19. The summed E-state index contributed by atoms with van der Waals surface area (Å²) in [6.07, 6.45) is -1.53. The summed E-state index contributed by atoms with van der Waals surface area (Å²) in [4.78, 5) is 23.5. The summed E-state index contributed by atoms with van der Waals surface area (Å²) in [5.74, 6) is -2.90. The second kappa shape index (κ2) is 5.15. The summed E-state index contributed by atoms with van der Waals surface area (Å²) >= 11 is 0. The van der Waals surface area contributed by atoms with Crippen LogP contribution < -0.4 is 0 Å². The standard InChI is InChI=1S/C17H22O7/c1-7-5-10(23-9(3)18)12-8(2)15(20)24-13(12)14-16(4,21)11(19)6-17(7,14)22/h5,10-14,19,21-22H,2,6H2,1,3-4H3/t10-,11+,12+,13-,14-,16-,17+/m0/s1. The molecule has 2 fully saturated rings. The number of esters is 2. The van der Waals surface area contributed by atoms with Crippen LogP contribution in [0.15, 0.2) is 23.8 Å². The van der Waals surface area contributed by atoms with Gasteiger partial charge in [0.15, 0.2) is 0 Å². The highest BCUT2D eigenvalue weighted by Gasteiger charge is 2.67. The number of hydrogen-bond acceptors (Lipinski definition) is 7. The van der Waals surface area contributed by atoms with Crippen LogP contribution in [0.5, 0.6) is 0 Å². The third-order valence-electron chi connectivity index (χ3n) is 5.67. The molecule has 0 unspecified atom stereocenters. The minimum Gasteiger partial charge on any atom is -0.458 e. The number of aliphatic hydroxyl groups excluding tert-OH is 1. The molecular formula is C17H22O7. The quantitative estimate of drug-likeness (QED) is 0.346. The SMILES string of the molecule is C=C1C(=O)O[C@H]2[C@H]1[C@@H](OC(C)=O)C=C(C)[C@]1(O)C[C@@H](O)[C@](C)(O)[C@H]21. The predicted molar refractivity (Wildman–Crippen MR) is 81.5 cm³/mol. The molecule has 3 rings (SSSR count). The maximum Gasteiger partial charge on any atom is 0.334 e. The third kappa shape index (κ3) is 2.15. The predicted octanol–water partition coefficient (Wildman–Crippen LogP) is -0.161. The summed E-state index contributed by atoms with van der Waals surface area (Å²) in [7, 11) is 0. The molecule has 0 radical (unpaired) electrons. The van der Waals surface area contributed by atoms with E-state index in [0.717, 1.165) is 0 Å². The Kier molecular flexibility index (Phi) is 3.67. The van der Waals surface area contributed by atoms with Crippen molar-refractivity contribution in [2.75, 3.05) is 0 Å². The smallest absolute Gasteiger partial charge is 0.334 e. The van der Waals surface area contributed by atoms with E-state index >= 15 is 0 Å². The van der Waals surface area contributed by atoms with Crippen molar-refractivity contribution in [1.82, 2.24) is 0 Å². The van der Waals surface area contributed by atoms with Gasteiger partial charge in [-0.1, -0.05) is 6.58 Å². The molecule has 1 saturated heterocycles. The lowest BCUT2D eigenvalue weighted by Crippen LogP contribution is -2.53. The van der Waals surface area contributed by atoms with Crippen molar-refractivity contribution in [3.63, 3.8) is 0 Å². The molecule has 3 aliphatic rings. The van der Waals surface area contributed by atoms with E-state index in [9.17, 15) is 24.9 Å². The van der Waals surface area contributed by atoms with Crippen LogP contribution in [0.3, 0.4) is 0 Å². The van der Waals surface area contributed by atoms with Crippen LogP contribution in [-0.2, 0) is 19.1 Å². The maximum atomic E-state index is 12.0. The summed E-state index contributed by atoms with van der Waals surface area (Å²) in [5, 5.41) is 32.2. The van der Waals surface area contributed by atoms with E-state index in [4.69, 9.17) is 9.47 Å². The Morgan fingerprint density at radius 3 is 2.67 bits per heavy atom. The zero-order valence-electron chi connectivity index (χ0n) is 13.9. The van der Waals surface area contributed by atoms with Crippen LogP contribution >= 0.6 is 0 Å². The number of aliphatic hydroxyl groups is 3. The first kappa shape index (κ1) is 17.1.